The van der Waals surface area contributed by atoms with Crippen molar-refractivity contribution in [2.75, 3.05) is 6.54 Å². The summed E-state index contributed by atoms with van der Waals surface area (Å²) in [6.45, 7) is 18.0. The van der Waals surface area contributed by atoms with E-state index < -0.39 is 0 Å². The Morgan fingerprint density at radius 2 is 1.60 bits per heavy atom. The molecule has 15 heavy (non-hydrogen) atoms. The molecule has 0 amide bonds. The molecular formula is C14H29N. The van der Waals surface area contributed by atoms with Crippen LogP contribution in [0.5, 0.6) is 0 Å². The Kier molecular flexibility index (Phi) is 3.86. The maximum absolute atomic E-state index is 2.72. The van der Waals surface area contributed by atoms with Gasteiger partial charge in [-0.3, -0.25) is 4.90 Å². The van der Waals surface area contributed by atoms with Gasteiger partial charge in [-0.05, 0) is 51.5 Å². The highest BCUT2D eigenvalue weighted by molar-refractivity contribution is 5.02. The third-order valence-electron chi connectivity index (χ3n) is 4.65. The summed E-state index contributed by atoms with van der Waals surface area (Å²) in [7, 11) is 0. The van der Waals surface area contributed by atoms with Crippen LogP contribution in [0.25, 0.3) is 0 Å². The first-order valence-electron chi connectivity index (χ1n) is 6.58. The second-order valence-corrected chi connectivity index (χ2v) is 6.31. The predicted octanol–water partition coefficient (Wildman–Crippen LogP) is 3.79. The Balaban J connectivity index is 2.97. The van der Waals surface area contributed by atoms with Crippen LogP contribution >= 0.6 is 0 Å². The van der Waals surface area contributed by atoms with Crippen LogP contribution in [-0.2, 0) is 0 Å². The van der Waals surface area contributed by atoms with E-state index in [1.165, 1.54) is 13.0 Å². The molecule has 0 aromatic rings. The zero-order valence-corrected chi connectivity index (χ0v) is 11.7. The quantitative estimate of drug-likeness (QED) is 0.686. The molecule has 1 heteroatoms. The maximum atomic E-state index is 2.72. The fourth-order valence-electron chi connectivity index (χ4n) is 3.61. The van der Waals surface area contributed by atoms with Crippen molar-refractivity contribution in [3.05, 3.63) is 0 Å². The lowest BCUT2D eigenvalue weighted by Gasteiger charge is -2.46. The largest absolute Gasteiger partial charge is 0.295 e. The van der Waals surface area contributed by atoms with E-state index in [-0.39, 0.29) is 0 Å². The smallest absolute Gasteiger partial charge is 0.0238 e. The average molecular weight is 211 g/mol. The van der Waals surface area contributed by atoms with E-state index >= 15 is 0 Å². The zero-order chi connectivity index (χ0) is 11.8. The lowest BCUT2D eigenvalue weighted by Crippen LogP contribution is -2.53. The zero-order valence-electron chi connectivity index (χ0n) is 11.7. The first kappa shape index (κ1) is 13.0. The lowest BCUT2D eigenvalue weighted by molar-refractivity contribution is 0.0296. The van der Waals surface area contributed by atoms with Gasteiger partial charge in [0, 0.05) is 11.6 Å². The van der Waals surface area contributed by atoms with E-state index in [1.54, 1.807) is 0 Å². The van der Waals surface area contributed by atoms with Crippen molar-refractivity contribution in [3.8, 4) is 0 Å². The van der Waals surface area contributed by atoms with Gasteiger partial charge in [-0.25, -0.2) is 0 Å². The molecule has 1 fully saturated rings. The Labute approximate surface area is 96.2 Å². The van der Waals surface area contributed by atoms with Crippen molar-refractivity contribution in [1.82, 2.24) is 4.90 Å². The Bertz CT molecular complexity index is 189. The molecular weight excluding hydrogens is 182 g/mol. The molecule has 0 N–H and O–H groups in total. The maximum Gasteiger partial charge on any atom is 0.0238 e. The van der Waals surface area contributed by atoms with Crippen LogP contribution < -0.4 is 0 Å². The van der Waals surface area contributed by atoms with Gasteiger partial charge in [0.15, 0.2) is 0 Å². The molecule has 0 spiro atoms. The molecule has 0 bridgehead atoms. The molecule has 2 atom stereocenters. The van der Waals surface area contributed by atoms with Gasteiger partial charge < -0.3 is 0 Å². The van der Waals surface area contributed by atoms with Gasteiger partial charge in [-0.2, -0.15) is 0 Å². The van der Waals surface area contributed by atoms with Crippen molar-refractivity contribution >= 4 is 0 Å². The van der Waals surface area contributed by atoms with Gasteiger partial charge in [-0.1, -0.05) is 27.7 Å². The van der Waals surface area contributed by atoms with Gasteiger partial charge in [0.25, 0.3) is 0 Å². The molecule has 2 unspecified atom stereocenters. The van der Waals surface area contributed by atoms with Crippen LogP contribution in [0.2, 0.25) is 0 Å². The van der Waals surface area contributed by atoms with Gasteiger partial charge in [0.1, 0.15) is 0 Å². The van der Waals surface area contributed by atoms with Crippen LogP contribution in [0.3, 0.4) is 0 Å². The van der Waals surface area contributed by atoms with Crippen LogP contribution in [0.4, 0.5) is 0 Å². The summed E-state index contributed by atoms with van der Waals surface area (Å²) < 4.78 is 0. The molecule has 1 nitrogen and oxygen atoms in total. The molecule has 1 aliphatic heterocycles. The van der Waals surface area contributed by atoms with Gasteiger partial charge in [0.05, 0.1) is 0 Å². The van der Waals surface area contributed by atoms with Crippen molar-refractivity contribution in [2.24, 2.45) is 17.8 Å². The first-order chi connectivity index (χ1) is 6.81. The summed E-state index contributed by atoms with van der Waals surface area (Å²) in [5.41, 5.74) is 0.405. The summed E-state index contributed by atoms with van der Waals surface area (Å²) in [6.07, 6.45) is 1.38. The second kappa shape index (κ2) is 4.45. The van der Waals surface area contributed by atoms with E-state index in [4.69, 9.17) is 0 Å². The molecule has 0 aliphatic carbocycles. The fraction of sp³-hybridized carbons (Fsp3) is 1.00. The standard InChI is InChI=1S/C14H29N/c1-10(2)13-8-9-15(12(5)6)14(13,7)11(3)4/h10-13H,8-9H2,1-7H3. The van der Waals surface area contributed by atoms with Crippen LogP contribution in [-0.4, -0.2) is 23.0 Å². The fourth-order valence-corrected chi connectivity index (χ4v) is 3.61. The molecule has 0 radical (unpaired) electrons. The molecule has 1 aliphatic rings. The Morgan fingerprint density at radius 3 is 1.93 bits per heavy atom. The van der Waals surface area contributed by atoms with Crippen LogP contribution in [0, 0.1) is 17.8 Å². The molecule has 1 rings (SSSR count). The van der Waals surface area contributed by atoms with Gasteiger partial charge in [0.2, 0.25) is 0 Å². The Hall–Kier alpha value is -0.0400. The topological polar surface area (TPSA) is 3.24 Å². The van der Waals surface area contributed by atoms with Gasteiger partial charge >= 0.3 is 0 Å². The normalized spacial score (nSPS) is 33.6. The summed E-state index contributed by atoms with van der Waals surface area (Å²) in [5, 5.41) is 0. The molecule has 1 heterocycles. The van der Waals surface area contributed by atoms with Crippen molar-refractivity contribution in [3.63, 3.8) is 0 Å². The minimum atomic E-state index is 0.405. The van der Waals surface area contributed by atoms with Gasteiger partial charge in [-0.15, -0.1) is 0 Å². The number of hydrogen-bond acceptors (Lipinski definition) is 1. The number of likely N-dealkylation sites (tertiary alicyclic amines) is 1. The summed E-state index contributed by atoms with van der Waals surface area (Å²) in [6, 6.07) is 0.682. The predicted molar refractivity (Wildman–Crippen MR) is 68.0 cm³/mol. The van der Waals surface area contributed by atoms with E-state index in [9.17, 15) is 0 Å². The minimum Gasteiger partial charge on any atom is -0.295 e. The molecule has 1 saturated heterocycles. The summed E-state index contributed by atoms with van der Waals surface area (Å²) >= 11 is 0. The van der Waals surface area contributed by atoms with Crippen LogP contribution in [0.15, 0.2) is 0 Å². The van der Waals surface area contributed by atoms with Crippen LogP contribution in [0.1, 0.15) is 54.9 Å². The van der Waals surface area contributed by atoms with E-state index in [1.807, 2.05) is 0 Å². The third-order valence-corrected chi connectivity index (χ3v) is 4.65. The number of hydrogen-bond donors (Lipinski definition) is 0. The lowest BCUT2D eigenvalue weighted by atomic mass is 9.72. The Morgan fingerprint density at radius 1 is 1.07 bits per heavy atom. The average Bonchev–Trinajstić information content (AvgIpc) is 2.43. The summed E-state index contributed by atoms with van der Waals surface area (Å²) in [4.78, 5) is 2.72. The first-order valence-corrected chi connectivity index (χ1v) is 6.58. The summed E-state index contributed by atoms with van der Waals surface area (Å²) in [5.74, 6) is 2.41. The van der Waals surface area contributed by atoms with Crippen molar-refractivity contribution < 1.29 is 0 Å². The molecule has 0 saturated carbocycles. The molecule has 0 aromatic carbocycles. The minimum absolute atomic E-state index is 0.405. The molecule has 90 valence electrons. The number of rotatable bonds is 3. The van der Waals surface area contributed by atoms with Crippen molar-refractivity contribution in [2.45, 2.75) is 66.5 Å². The van der Waals surface area contributed by atoms with E-state index in [0.29, 0.717) is 11.6 Å². The van der Waals surface area contributed by atoms with Crippen molar-refractivity contribution in [1.29, 1.82) is 0 Å². The highest BCUT2D eigenvalue weighted by atomic mass is 15.2. The second-order valence-electron chi connectivity index (χ2n) is 6.31. The highest BCUT2D eigenvalue weighted by Gasteiger charge is 2.48. The monoisotopic (exact) mass is 211 g/mol. The third kappa shape index (κ3) is 2.08. The SMILES string of the molecule is CC(C)C1CCN(C(C)C)C1(C)C(C)C. The van der Waals surface area contributed by atoms with E-state index in [2.05, 4.69) is 53.4 Å². The molecule has 0 aromatic heterocycles. The number of nitrogens with zero attached hydrogens (tertiary/aromatic N) is 1. The van der Waals surface area contributed by atoms with E-state index in [0.717, 1.165) is 17.8 Å². The highest BCUT2D eigenvalue weighted by Crippen LogP contribution is 2.45.